The molecule has 0 amide bonds. The van der Waals surface area contributed by atoms with E-state index in [-0.39, 0.29) is 10.6 Å². The average molecular weight is 428 g/mol. The van der Waals surface area contributed by atoms with Crippen molar-refractivity contribution in [2.75, 3.05) is 11.3 Å². The van der Waals surface area contributed by atoms with E-state index in [9.17, 15) is 18.5 Å². The lowest BCUT2D eigenvalue weighted by molar-refractivity contribution is -0.385. The Balaban J connectivity index is 1.86. The summed E-state index contributed by atoms with van der Waals surface area (Å²) >= 11 is 0. The first-order chi connectivity index (χ1) is 14.3. The highest BCUT2D eigenvalue weighted by Gasteiger charge is 2.21. The van der Waals surface area contributed by atoms with Crippen LogP contribution in [0.15, 0.2) is 59.5 Å². The Morgan fingerprint density at radius 1 is 1.10 bits per heavy atom. The van der Waals surface area contributed by atoms with E-state index in [1.165, 1.54) is 12.1 Å². The highest BCUT2D eigenvalue weighted by Crippen LogP contribution is 2.26. The molecule has 1 N–H and O–H groups in total. The number of anilines is 1. The van der Waals surface area contributed by atoms with Crippen LogP contribution < -0.4 is 9.46 Å². The van der Waals surface area contributed by atoms with E-state index in [0.717, 1.165) is 12.5 Å². The first-order valence-electron chi connectivity index (χ1n) is 9.15. The van der Waals surface area contributed by atoms with Crippen molar-refractivity contribution in [3.05, 3.63) is 70.3 Å². The van der Waals surface area contributed by atoms with Gasteiger partial charge in [0.15, 0.2) is 0 Å². The zero-order chi connectivity index (χ0) is 21.7. The lowest BCUT2D eigenvalue weighted by atomic mass is 10.1. The minimum atomic E-state index is -4.03. The molecule has 0 spiro atoms. The van der Waals surface area contributed by atoms with Crippen LogP contribution in [0.1, 0.15) is 18.9 Å². The Bertz CT molecular complexity index is 1160. The van der Waals surface area contributed by atoms with Gasteiger partial charge < -0.3 is 4.74 Å². The molecule has 156 valence electrons. The van der Waals surface area contributed by atoms with Crippen molar-refractivity contribution in [1.82, 2.24) is 10.2 Å². The summed E-state index contributed by atoms with van der Waals surface area (Å²) in [7, 11) is -4.03. The number of nitrogens with one attached hydrogen (secondary N) is 1. The molecule has 0 fully saturated rings. The Hall–Kier alpha value is -3.53. The molecule has 10 heteroatoms. The Kier molecular flexibility index (Phi) is 6.26. The Labute approximate surface area is 173 Å². The highest BCUT2D eigenvalue weighted by molar-refractivity contribution is 7.92. The molecule has 0 atom stereocenters. The van der Waals surface area contributed by atoms with Gasteiger partial charge in [-0.2, -0.15) is 0 Å². The molecule has 3 aromatic rings. The number of nitrogens with zero attached hydrogens (tertiary/aromatic N) is 3. The molecule has 0 unspecified atom stereocenters. The van der Waals surface area contributed by atoms with E-state index in [1.54, 1.807) is 43.3 Å². The molecule has 3 rings (SSSR count). The predicted molar refractivity (Wildman–Crippen MR) is 112 cm³/mol. The molecular weight excluding hydrogens is 408 g/mol. The van der Waals surface area contributed by atoms with Crippen molar-refractivity contribution >= 4 is 21.4 Å². The fourth-order valence-electron chi connectivity index (χ4n) is 2.70. The number of benzene rings is 2. The van der Waals surface area contributed by atoms with Gasteiger partial charge in [-0.15, -0.1) is 10.2 Å². The predicted octanol–water partition coefficient (Wildman–Crippen LogP) is 3.95. The topological polar surface area (TPSA) is 124 Å². The van der Waals surface area contributed by atoms with Gasteiger partial charge in [-0.1, -0.05) is 25.1 Å². The maximum Gasteiger partial charge on any atom is 0.270 e. The number of nitro benzene ring substituents is 1. The minimum Gasteiger partial charge on any atom is -0.477 e. The van der Waals surface area contributed by atoms with Crippen LogP contribution in [-0.2, 0) is 10.0 Å². The van der Waals surface area contributed by atoms with Gasteiger partial charge in [0, 0.05) is 29.4 Å². The molecule has 1 aromatic heterocycles. The largest absolute Gasteiger partial charge is 0.477 e. The zero-order valence-corrected chi connectivity index (χ0v) is 17.2. The number of nitro groups is 1. The monoisotopic (exact) mass is 428 g/mol. The summed E-state index contributed by atoms with van der Waals surface area (Å²) in [5.74, 6) is 0.415. The molecule has 0 aliphatic heterocycles. The first-order valence-corrected chi connectivity index (χ1v) is 10.6. The van der Waals surface area contributed by atoms with Crippen molar-refractivity contribution in [2.45, 2.75) is 25.2 Å². The van der Waals surface area contributed by atoms with Gasteiger partial charge >= 0.3 is 0 Å². The molecule has 30 heavy (non-hydrogen) atoms. The highest BCUT2D eigenvalue weighted by atomic mass is 32.2. The third-order valence-electron chi connectivity index (χ3n) is 4.18. The van der Waals surface area contributed by atoms with Crippen LogP contribution in [0.5, 0.6) is 5.88 Å². The first kappa shape index (κ1) is 21.2. The van der Waals surface area contributed by atoms with Gasteiger partial charge in [0.2, 0.25) is 5.88 Å². The van der Waals surface area contributed by atoms with Crippen LogP contribution in [-0.4, -0.2) is 30.1 Å². The van der Waals surface area contributed by atoms with Crippen LogP contribution in [0, 0.1) is 17.0 Å². The summed E-state index contributed by atoms with van der Waals surface area (Å²) in [5, 5.41) is 19.1. The second-order valence-corrected chi connectivity index (χ2v) is 8.15. The fourth-order valence-corrected chi connectivity index (χ4v) is 4.02. The van der Waals surface area contributed by atoms with Gasteiger partial charge in [0.25, 0.3) is 15.7 Å². The molecule has 0 saturated carbocycles. The number of aromatic nitrogens is 2. The van der Waals surface area contributed by atoms with Gasteiger partial charge in [0.1, 0.15) is 0 Å². The summed E-state index contributed by atoms with van der Waals surface area (Å²) in [5.41, 5.74) is 1.60. The van der Waals surface area contributed by atoms with Gasteiger partial charge in [-0.25, -0.2) is 8.42 Å². The molecule has 0 saturated heterocycles. The van der Waals surface area contributed by atoms with E-state index >= 15 is 0 Å². The minimum absolute atomic E-state index is 0.153. The van der Waals surface area contributed by atoms with E-state index < -0.39 is 14.9 Å². The summed E-state index contributed by atoms with van der Waals surface area (Å²) in [6, 6.07) is 13.8. The molecule has 0 aliphatic rings. The number of hydrogen-bond donors (Lipinski definition) is 1. The number of hydrogen-bond acceptors (Lipinski definition) is 7. The van der Waals surface area contributed by atoms with E-state index in [1.807, 2.05) is 6.92 Å². The molecule has 2 aromatic carbocycles. The fraction of sp³-hybridized carbons (Fsp3) is 0.200. The van der Waals surface area contributed by atoms with Crippen LogP contribution in [0.4, 0.5) is 11.4 Å². The summed E-state index contributed by atoms with van der Waals surface area (Å²) in [6.45, 7) is 4.11. The Morgan fingerprint density at radius 2 is 1.90 bits per heavy atom. The van der Waals surface area contributed by atoms with E-state index in [4.69, 9.17) is 4.74 Å². The lowest BCUT2D eigenvalue weighted by Crippen LogP contribution is -2.14. The summed E-state index contributed by atoms with van der Waals surface area (Å²) < 4.78 is 33.5. The molecule has 1 heterocycles. The number of aryl methyl sites for hydroxylation is 1. The summed E-state index contributed by atoms with van der Waals surface area (Å²) in [6.07, 6.45) is 0.857. The maximum absolute atomic E-state index is 12.8. The number of rotatable bonds is 8. The van der Waals surface area contributed by atoms with E-state index in [0.29, 0.717) is 35.0 Å². The van der Waals surface area contributed by atoms with Crippen molar-refractivity contribution in [2.24, 2.45) is 0 Å². The van der Waals surface area contributed by atoms with Crippen LogP contribution >= 0.6 is 0 Å². The van der Waals surface area contributed by atoms with Crippen LogP contribution in [0.25, 0.3) is 11.3 Å². The van der Waals surface area contributed by atoms with Crippen LogP contribution in [0.2, 0.25) is 0 Å². The summed E-state index contributed by atoms with van der Waals surface area (Å²) in [4.78, 5) is 10.2. The quantitative estimate of drug-likeness (QED) is 0.425. The van der Waals surface area contributed by atoms with Crippen molar-refractivity contribution < 1.29 is 18.1 Å². The second-order valence-electron chi connectivity index (χ2n) is 6.50. The zero-order valence-electron chi connectivity index (χ0n) is 16.4. The van der Waals surface area contributed by atoms with Crippen molar-refractivity contribution in [3.63, 3.8) is 0 Å². The number of non-ortho nitro benzene ring substituents is 1. The van der Waals surface area contributed by atoms with E-state index in [2.05, 4.69) is 14.9 Å². The molecule has 9 nitrogen and oxygen atoms in total. The normalized spacial score (nSPS) is 11.1. The third kappa shape index (κ3) is 4.90. The SMILES string of the molecule is CCCOc1ccc(-c2cccc(NS(=O)(=O)c3cc([N+](=O)[O-])ccc3C)c2)nn1. The third-order valence-corrected chi connectivity index (χ3v) is 5.70. The molecule has 0 aliphatic carbocycles. The number of ether oxygens (including phenoxy) is 1. The molecular formula is C20H20N4O5S. The Morgan fingerprint density at radius 3 is 2.57 bits per heavy atom. The molecule has 0 bridgehead atoms. The maximum atomic E-state index is 12.8. The lowest BCUT2D eigenvalue weighted by Gasteiger charge is -2.11. The van der Waals surface area contributed by atoms with Gasteiger partial charge in [-0.3, -0.25) is 14.8 Å². The average Bonchev–Trinajstić information content (AvgIpc) is 2.72. The van der Waals surface area contributed by atoms with Gasteiger partial charge in [-0.05, 0) is 37.1 Å². The smallest absolute Gasteiger partial charge is 0.270 e. The molecule has 0 radical (unpaired) electrons. The van der Waals surface area contributed by atoms with Crippen LogP contribution in [0.3, 0.4) is 0 Å². The van der Waals surface area contributed by atoms with Gasteiger partial charge in [0.05, 0.1) is 22.1 Å². The number of sulfonamides is 1. The standard InChI is InChI=1S/C20H20N4O5S/c1-3-11-29-20-10-9-18(21-22-20)15-5-4-6-16(12-15)23-30(27,28)19-13-17(24(25)26)8-7-14(19)2/h4-10,12-13,23H,3,11H2,1-2H3. The van der Waals surface area contributed by atoms with Crippen molar-refractivity contribution in [3.8, 4) is 17.1 Å². The van der Waals surface area contributed by atoms with Crippen molar-refractivity contribution in [1.29, 1.82) is 0 Å². The second kappa shape index (κ2) is 8.87.